The summed E-state index contributed by atoms with van der Waals surface area (Å²) in [7, 11) is -3.28. The molecule has 0 aliphatic rings. The zero-order chi connectivity index (χ0) is 17.7. The van der Waals surface area contributed by atoms with E-state index in [0.29, 0.717) is 28.5 Å². The van der Waals surface area contributed by atoms with Gasteiger partial charge in [-0.15, -0.1) is 6.42 Å². The summed E-state index contributed by atoms with van der Waals surface area (Å²) in [6, 6.07) is 6.25. The van der Waals surface area contributed by atoms with Crippen molar-refractivity contribution in [2.75, 3.05) is 12.9 Å². The average molecular weight is 345 g/mol. The molecule has 0 saturated heterocycles. The zero-order valence-electron chi connectivity index (χ0n) is 13.3. The summed E-state index contributed by atoms with van der Waals surface area (Å²) in [4.78, 5) is 4.52. The molecule has 0 atom stereocenters. The topological polar surface area (TPSA) is 60.2 Å². The van der Waals surface area contributed by atoms with Crippen molar-refractivity contribution in [2.24, 2.45) is 0 Å². The van der Waals surface area contributed by atoms with Crippen LogP contribution in [-0.2, 0) is 9.84 Å². The van der Waals surface area contributed by atoms with Gasteiger partial charge in [-0.2, -0.15) is 0 Å². The van der Waals surface area contributed by atoms with Gasteiger partial charge in [-0.25, -0.2) is 17.8 Å². The van der Waals surface area contributed by atoms with Crippen molar-refractivity contribution in [3.63, 3.8) is 0 Å². The first-order valence-electron chi connectivity index (χ1n) is 7.04. The lowest BCUT2D eigenvalue weighted by molar-refractivity contribution is 0.534. The SMILES string of the molecule is C#C/C=C(\C=C/CF)c1nc(C)oc1-c1ccc(S(C)(=O)=O)cc1. The van der Waals surface area contributed by atoms with E-state index in [9.17, 15) is 12.8 Å². The Labute approximate surface area is 140 Å². The van der Waals surface area contributed by atoms with Gasteiger partial charge in [0.2, 0.25) is 0 Å². The molecule has 1 aromatic carbocycles. The van der Waals surface area contributed by atoms with Crippen LogP contribution in [0.4, 0.5) is 4.39 Å². The first-order valence-corrected chi connectivity index (χ1v) is 8.93. The van der Waals surface area contributed by atoms with Gasteiger partial charge in [0.25, 0.3) is 0 Å². The van der Waals surface area contributed by atoms with Crippen LogP contribution in [0.3, 0.4) is 0 Å². The lowest BCUT2D eigenvalue weighted by Crippen LogP contribution is -1.96. The summed E-state index contributed by atoms with van der Waals surface area (Å²) in [5, 5.41) is 0. The number of aromatic nitrogens is 1. The Morgan fingerprint density at radius 2 is 2.04 bits per heavy atom. The van der Waals surface area contributed by atoms with Crippen molar-refractivity contribution in [3.8, 4) is 23.7 Å². The number of hydrogen-bond acceptors (Lipinski definition) is 4. The minimum absolute atomic E-state index is 0.209. The quantitative estimate of drug-likeness (QED) is 0.614. The number of aryl methyl sites for hydroxylation is 1. The van der Waals surface area contributed by atoms with E-state index >= 15 is 0 Å². The number of allylic oxidation sites excluding steroid dienone is 4. The maximum Gasteiger partial charge on any atom is 0.192 e. The van der Waals surface area contributed by atoms with Gasteiger partial charge in [0.15, 0.2) is 21.5 Å². The fourth-order valence-electron chi connectivity index (χ4n) is 2.13. The molecule has 0 saturated carbocycles. The monoisotopic (exact) mass is 345 g/mol. The Morgan fingerprint density at radius 1 is 1.38 bits per heavy atom. The number of sulfone groups is 1. The predicted molar refractivity (Wildman–Crippen MR) is 91.7 cm³/mol. The molecule has 2 aromatic rings. The molecule has 0 spiro atoms. The number of alkyl halides is 1. The van der Waals surface area contributed by atoms with Crippen LogP contribution >= 0.6 is 0 Å². The first-order chi connectivity index (χ1) is 11.4. The van der Waals surface area contributed by atoms with Gasteiger partial charge in [-0.1, -0.05) is 18.1 Å². The van der Waals surface area contributed by atoms with Crippen LogP contribution < -0.4 is 0 Å². The van der Waals surface area contributed by atoms with Crippen LogP contribution in [0, 0.1) is 19.3 Å². The number of terminal acetylenes is 1. The maximum atomic E-state index is 12.4. The third kappa shape index (κ3) is 4.00. The summed E-state index contributed by atoms with van der Waals surface area (Å²) < 4.78 is 41.2. The second kappa shape index (κ2) is 7.28. The van der Waals surface area contributed by atoms with Crippen LogP contribution in [0.15, 0.2) is 51.8 Å². The number of halogens is 1. The van der Waals surface area contributed by atoms with Crippen LogP contribution in [0.1, 0.15) is 11.6 Å². The minimum Gasteiger partial charge on any atom is -0.440 e. The van der Waals surface area contributed by atoms with E-state index in [-0.39, 0.29) is 4.90 Å². The number of benzene rings is 1. The molecule has 2 rings (SSSR count). The minimum atomic E-state index is -3.28. The van der Waals surface area contributed by atoms with E-state index in [1.165, 1.54) is 30.4 Å². The van der Waals surface area contributed by atoms with Crippen molar-refractivity contribution >= 4 is 15.4 Å². The smallest absolute Gasteiger partial charge is 0.192 e. The van der Waals surface area contributed by atoms with E-state index in [0.717, 1.165) is 6.26 Å². The molecule has 4 nitrogen and oxygen atoms in total. The first kappa shape index (κ1) is 17.7. The van der Waals surface area contributed by atoms with Gasteiger partial charge >= 0.3 is 0 Å². The van der Waals surface area contributed by atoms with Gasteiger partial charge in [-0.05, 0) is 30.3 Å². The van der Waals surface area contributed by atoms with Gasteiger partial charge in [-0.3, -0.25) is 0 Å². The van der Waals surface area contributed by atoms with Crippen molar-refractivity contribution in [1.29, 1.82) is 0 Å². The summed E-state index contributed by atoms with van der Waals surface area (Å²) in [5.74, 6) is 3.26. The Hall–Kier alpha value is -2.65. The number of oxazole rings is 1. The van der Waals surface area contributed by atoms with Crippen LogP contribution in [0.25, 0.3) is 16.9 Å². The number of rotatable bonds is 5. The van der Waals surface area contributed by atoms with Crippen molar-refractivity contribution in [2.45, 2.75) is 11.8 Å². The Balaban J connectivity index is 2.55. The molecule has 0 radical (unpaired) electrons. The molecule has 0 fully saturated rings. The van der Waals surface area contributed by atoms with Crippen molar-refractivity contribution in [1.82, 2.24) is 4.98 Å². The van der Waals surface area contributed by atoms with Gasteiger partial charge in [0.05, 0.1) is 4.90 Å². The second-order valence-electron chi connectivity index (χ2n) is 5.03. The fraction of sp³-hybridized carbons (Fsp3) is 0.167. The largest absolute Gasteiger partial charge is 0.440 e. The standard InChI is InChI=1S/C18H16FNO3S/c1-4-6-14(7-5-12-19)17-18(23-13(2)20-17)15-8-10-16(11-9-15)24(3,21)22/h1,5-11H,12H2,2-3H3/b7-5-,14-6+. The molecule has 24 heavy (non-hydrogen) atoms. The third-order valence-electron chi connectivity index (χ3n) is 3.18. The molecule has 0 unspecified atom stereocenters. The van der Waals surface area contributed by atoms with E-state index in [1.807, 2.05) is 0 Å². The fourth-order valence-corrected chi connectivity index (χ4v) is 2.76. The predicted octanol–water partition coefficient (Wildman–Crippen LogP) is 3.60. The Morgan fingerprint density at radius 3 is 2.58 bits per heavy atom. The molecular formula is C18H16FNO3S. The second-order valence-corrected chi connectivity index (χ2v) is 7.05. The highest BCUT2D eigenvalue weighted by molar-refractivity contribution is 7.90. The molecule has 0 bridgehead atoms. The molecule has 124 valence electrons. The Kier molecular flexibility index (Phi) is 5.37. The molecule has 0 aliphatic carbocycles. The molecule has 0 amide bonds. The highest BCUT2D eigenvalue weighted by Crippen LogP contribution is 2.31. The van der Waals surface area contributed by atoms with Crippen LogP contribution in [0.2, 0.25) is 0 Å². The molecule has 6 heteroatoms. The molecule has 0 N–H and O–H groups in total. The normalized spacial score (nSPS) is 12.5. The lowest BCUT2D eigenvalue weighted by Gasteiger charge is -2.03. The molecule has 1 heterocycles. The van der Waals surface area contributed by atoms with Crippen molar-refractivity contribution < 1.29 is 17.2 Å². The van der Waals surface area contributed by atoms with Gasteiger partial charge in [0, 0.05) is 24.3 Å². The third-order valence-corrected chi connectivity index (χ3v) is 4.31. The summed E-state index contributed by atoms with van der Waals surface area (Å²) >= 11 is 0. The summed E-state index contributed by atoms with van der Waals surface area (Å²) in [5.41, 5.74) is 1.66. The highest BCUT2D eigenvalue weighted by atomic mass is 32.2. The van der Waals surface area contributed by atoms with Crippen LogP contribution in [0.5, 0.6) is 0 Å². The van der Waals surface area contributed by atoms with E-state index in [1.54, 1.807) is 19.1 Å². The van der Waals surface area contributed by atoms with E-state index in [4.69, 9.17) is 10.8 Å². The molecule has 1 aromatic heterocycles. The van der Waals surface area contributed by atoms with E-state index < -0.39 is 16.5 Å². The van der Waals surface area contributed by atoms with Gasteiger partial charge < -0.3 is 4.42 Å². The lowest BCUT2D eigenvalue weighted by atomic mass is 10.1. The summed E-state index contributed by atoms with van der Waals surface area (Å²) in [6.07, 6.45) is 10.8. The number of hydrogen-bond donors (Lipinski definition) is 0. The highest BCUT2D eigenvalue weighted by Gasteiger charge is 2.16. The Bertz CT molecular complexity index is 930. The van der Waals surface area contributed by atoms with Gasteiger partial charge in [0.1, 0.15) is 12.4 Å². The van der Waals surface area contributed by atoms with Crippen molar-refractivity contribution in [3.05, 3.63) is 54.1 Å². The zero-order valence-corrected chi connectivity index (χ0v) is 14.1. The number of nitrogens with zero attached hydrogens (tertiary/aromatic N) is 1. The van der Waals surface area contributed by atoms with E-state index in [2.05, 4.69) is 10.9 Å². The molecule has 0 aliphatic heterocycles. The maximum absolute atomic E-state index is 12.4. The molecular weight excluding hydrogens is 329 g/mol. The van der Waals surface area contributed by atoms with Crippen LogP contribution in [-0.4, -0.2) is 26.3 Å². The summed E-state index contributed by atoms with van der Waals surface area (Å²) in [6.45, 7) is 1.06. The average Bonchev–Trinajstić information content (AvgIpc) is 2.92.